The lowest BCUT2D eigenvalue weighted by molar-refractivity contribution is -0.120. The van der Waals surface area contributed by atoms with Crippen LogP contribution in [0, 0.1) is 0 Å². The normalized spacial score (nSPS) is 13.3. The van der Waals surface area contributed by atoms with Crippen molar-refractivity contribution in [3.05, 3.63) is 90.6 Å². The molecule has 2 amide bonds. The SMILES string of the molecule is COc1ccc(-c2nn(-c3ccccc3)cc2C(=O)Nc2ccc(N3CCNC(=O)C3)cc2)cc1. The minimum Gasteiger partial charge on any atom is -0.497 e. The molecule has 0 bridgehead atoms. The Balaban J connectivity index is 1.42. The van der Waals surface area contributed by atoms with Crippen LogP contribution < -0.4 is 20.3 Å². The van der Waals surface area contributed by atoms with Crippen molar-refractivity contribution in [2.75, 3.05) is 37.0 Å². The number of nitrogens with one attached hydrogen (secondary N) is 2. The minimum absolute atomic E-state index is 0.00937. The maximum atomic E-state index is 13.4. The number of hydrogen-bond acceptors (Lipinski definition) is 5. The smallest absolute Gasteiger partial charge is 0.259 e. The summed E-state index contributed by atoms with van der Waals surface area (Å²) in [5, 5.41) is 10.5. The first-order chi connectivity index (χ1) is 17.1. The van der Waals surface area contributed by atoms with E-state index in [0.717, 1.165) is 29.2 Å². The molecule has 1 saturated heterocycles. The summed E-state index contributed by atoms with van der Waals surface area (Å²) in [6, 6.07) is 24.6. The third kappa shape index (κ3) is 4.86. The van der Waals surface area contributed by atoms with Crippen molar-refractivity contribution in [1.82, 2.24) is 15.1 Å². The van der Waals surface area contributed by atoms with Gasteiger partial charge in [-0.15, -0.1) is 0 Å². The van der Waals surface area contributed by atoms with Gasteiger partial charge in [0, 0.05) is 36.2 Å². The maximum Gasteiger partial charge on any atom is 0.259 e. The molecule has 176 valence electrons. The van der Waals surface area contributed by atoms with E-state index in [4.69, 9.17) is 9.84 Å². The lowest BCUT2D eigenvalue weighted by Crippen LogP contribution is -2.47. The summed E-state index contributed by atoms with van der Waals surface area (Å²) in [5.74, 6) is 0.478. The standard InChI is InChI=1S/C27H25N5O3/c1-35-23-13-7-19(8-14-23)26-24(17-32(30-26)22-5-3-2-4-6-22)27(34)29-20-9-11-21(12-10-20)31-16-15-28-25(33)18-31/h2-14,17H,15-16,18H2,1H3,(H,28,33)(H,29,34). The van der Waals surface area contributed by atoms with E-state index in [1.165, 1.54) is 0 Å². The third-order valence-electron chi connectivity index (χ3n) is 5.87. The number of hydrogen-bond donors (Lipinski definition) is 2. The van der Waals surface area contributed by atoms with Crippen molar-refractivity contribution >= 4 is 23.2 Å². The van der Waals surface area contributed by atoms with Gasteiger partial charge in [0.1, 0.15) is 11.4 Å². The van der Waals surface area contributed by atoms with Crippen LogP contribution in [0.1, 0.15) is 10.4 Å². The van der Waals surface area contributed by atoms with Crippen LogP contribution in [0.4, 0.5) is 11.4 Å². The molecule has 0 spiro atoms. The fraction of sp³-hybridized carbons (Fsp3) is 0.148. The number of aromatic nitrogens is 2. The third-order valence-corrected chi connectivity index (χ3v) is 5.87. The van der Waals surface area contributed by atoms with Crippen LogP contribution >= 0.6 is 0 Å². The summed E-state index contributed by atoms with van der Waals surface area (Å²) >= 11 is 0. The molecule has 0 radical (unpaired) electrons. The predicted molar refractivity (Wildman–Crippen MR) is 135 cm³/mol. The fourth-order valence-corrected chi connectivity index (χ4v) is 4.03. The van der Waals surface area contributed by atoms with Gasteiger partial charge in [-0.05, 0) is 60.7 Å². The highest BCUT2D eigenvalue weighted by Crippen LogP contribution is 2.27. The van der Waals surface area contributed by atoms with Gasteiger partial charge in [-0.2, -0.15) is 5.10 Å². The average molecular weight is 468 g/mol. The molecule has 1 aliphatic rings. The first-order valence-electron chi connectivity index (χ1n) is 11.3. The van der Waals surface area contributed by atoms with Gasteiger partial charge >= 0.3 is 0 Å². The first kappa shape index (κ1) is 22.2. The van der Waals surface area contributed by atoms with Crippen molar-refractivity contribution in [3.63, 3.8) is 0 Å². The number of anilines is 2. The number of para-hydroxylation sites is 1. The van der Waals surface area contributed by atoms with E-state index in [1.807, 2.05) is 83.8 Å². The zero-order valence-electron chi connectivity index (χ0n) is 19.3. The van der Waals surface area contributed by atoms with Crippen molar-refractivity contribution < 1.29 is 14.3 Å². The Hall–Kier alpha value is -4.59. The summed E-state index contributed by atoms with van der Waals surface area (Å²) in [5.41, 5.74) is 4.29. The van der Waals surface area contributed by atoms with Gasteiger partial charge in [-0.25, -0.2) is 4.68 Å². The van der Waals surface area contributed by atoms with Gasteiger partial charge in [0.05, 0.1) is 24.9 Å². The molecule has 0 aliphatic carbocycles. The largest absolute Gasteiger partial charge is 0.497 e. The second-order valence-corrected chi connectivity index (χ2v) is 8.17. The van der Waals surface area contributed by atoms with E-state index >= 15 is 0 Å². The summed E-state index contributed by atoms with van der Waals surface area (Å²) in [6.45, 7) is 1.70. The van der Waals surface area contributed by atoms with E-state index in [9.17, 15) is 9.59 Å². The quantitative estimate of drug-likeness (QED) is 0.451. The minimum atomic E-state index is -0.261. The summed E-state index contributed by atoms with van der Waals surface area (Å²) in [7, 11) is 1.61. The number of methoxy groups -OCH3 is 1. The van der Waals surface area contributed by atoms with Crippen LogP contribution in [0.15, 0.2) is 85.1 Å². The van der Waals surface area contributed by atoms with Crippen LogP contribution in [-0.2, 0) is 4.79 Å². The second-order valence-electron chi connectivity index (χ2n) is 8.17. The Kier molecular flexibility index (Phi) is 6.17. The lowest BCUT2D eigenvalue weighted by atomic mass is 10.1. The zero-order valence-corrected chi connectivity index (χ0v) is 19.3. The highest BCUT2D eigenvalue weighted by atomic mass is 16.5. The maximum absolute atomic E-state index is 13.4. The number of nitrogens with zero attached hydrogens (tertiary/aromatic N) is 3. The molecule has 0 unspecified atom stereocenters. The Labute approximate surface area is 203 Å². The molecule has 1 aliphatic heterocycles. The number of ether oxygens (including phenoxy) is 1. The van der Waals surface area contributed by atoms with Crippen LogP contribution in [0.3, 0.4) is 0 Å². The van der Waals surface area contributed by atoms with Gasteiger partial charge in [-0.1, -0.05) is 18.2 Å². The molecule has 0 atom stereocenters. The van der Waals surface area contributed by atoms with Gasteiger partial charge in [-0.3, -0.25) is 9.59 Å². The molecule has 8 heteroatoms. The molecule has 1 aromatic heterocycles. The van der Waals surface area contributed by atoms with Gasteiger partial charge in [0.2, 0.25) is 5.91 Å². The van der Waals surface area contributed by atoms with E-state index in [1.54, 1.807) is 18.0 Å². The first-order valence-corrected chi connectivity index (χ1v) is 11.3. The zero-order chi connectivity index (χ0) is 24.2. The topological polar surface area (TPSA) is 88.5 Å². The Bertz CT molecular complexity index is 1330. The molecule has 35 heavy (non-hydrogen) atoms. The number of carbonyl (C=O) groups excluding carboxylic acids is 2. The van der Waals surface area contributed by atoms with Crippen molar-refractivity contribution in [2.24, 2.45) is 0 Å². The number of rotatable bonds is 6. The molecular formula is C27H25N5O3. The van der Waals surface area contributed by atoms with Gasteiger partial charge in [0.25, 0.3) is 5.91 Å². The lowest BCUT2D eigenvalue weighted by Gasteiger charge is -2.28. The number of carbonyl (C=O) groups is 2. The monoisotopic (exact) mass is 467 g/mol. The molecule has 1 fully saturated rings. The van der Waals surface area contributed by atoms with Crippen LogP contribution in [-0.4, -0.2) is 48.3 Å². The summed E-state index contributed by atoms with van der Waals surface area (Å²) < 4.78 is 6.97. The van der Waals surface area contributed by atoms with Crippen LogP contribution in [0.2, 0.25) is 0 Å². The second kappa shape index (κ2) is 9.72. The fourth-order valence-electron chi connectivity index (χ4n) is 4.03. The Morgan fingerprint density at radius 1 is 0.971 bits per heavy atom. The van der Waals surface area contributed by atoms with E-state index in [-0.39, 0.29) is 11.8 Å². The number of benzene rings is 3. The number of amides is 2. The molecule has 5 rings (SSSR count). The molecule has 3 aromatic carbocycles. The van der Waals surface area contributed by atoms with E-state index in [0.29, 0.717) is 30.0 Å². The molecule has 8 nitrogen and oxygen atoms in total. The highest BCUT2D eigenvalue weighted by Gasteiger charge is 2.20. The summed E-state index contributed by atoms with van der Waals surface area (Å²) in [4.78, 5) is 27.0. The van der Waals surface area contributed by atoms with Crippen molar-refractivity contribution in [2.45, 2.75) is 0 Å². The molecular weight excluding hydrogens is 442 g/mol. The predicted octanol–water partition coefficient (Wildman–Crippen LogP) is 3.74. The van der Waals surface area contributed by atoms with Gasteiger partial charge in [0.15, 0.2) is 0 Å². The number of piperazine rings is 1. The average Bonchev–Trinajstić information content (AvgIpc) is 3.36. The van der Waals surface area contributed by atoms with E-state index in [2.05, 4.69) is 10.6 Å². The molecule has 2 heterocycles. The Morgan fingerprint density at radius 3 is 2.40 bits per heavy atom. The highest BCUT2D eigenvalue weighted by molar-refractivity contribution is 6.08. The van der Waals surface area contributed by atoms with E-state index < -0.39 is 0 Å². The van der Waals surface area contributed by atoms with Crippen molar-refractivity contribution in [1.29, 1.82) is 0 Å². The summed E-state index contributed by atoms with van der Waals surface area (Å²) in [6.07, 6.45) is 1.74. The van der Waals surface area contributed by atoms with Crippen LogP contribution in [0.25, 0.3) is 16.9 Å². The molecule has 2 N–H and O–H groups in total. The molecule has 4 aromatic rings. The van der Waals surface area contributed by atoms with Crippen molar-refractivity contribution in [3.8, 4) is 22.7 Å². The van der Waals surface area contributed by atoms with Gasteiger partial charge < -0.3 is 20.3 Å². The molecule has 0 saturated carbocycles. The van der Waals surface area contributed by atoms with Crippen LogP contribution in [0.5, 0.6) is 5.75 Å². The Morgan fingerprint density at radius 2 is 1.71 bits per heavy atom.